The molecular weight excluding hydrogens is 468 g/mol. The first kappa shape index (κ1) is 27.1. The smallest absolute Gasteiger partial charge is 0.261 e. The Morgan fingerprint density at radius 3 is 2.59 bits per heavy atom. The number of Topliss-reactive ketones (excluding diaryl/α,β-unsaturated/α-hetero) is 1. The summed E-state index contributed by atoms with van der Waals surface area (Å²) in [5.41, 5.74) is -0.313. The molecule has 37 heavy (non-hydrogen) atoms. The summed E-state index contributed by atoms with van der Waals surface area (Å²) < 4.78 is 0. The monoisotopic (exact) mass is 508 g/mol. The van der Waals surface area contributed by atoms with Crippen molar-refractivity contribution in [2.24, 2.45) is 35.5 Å². The molecule has 0 aromatic rings. The molecule has 0 aromatic heterocycles. The molecule has 3 N–H and O–H groups in total. The van der Waals surface area contributed by atoms with E-state index in [0.29, 0.717) is 23.7 Å². The van der Waals surface area contributed by atoms with Gasteiger partial charge in [-0.05, 0) is 67.3 Å². The second kappa shape index (κ2) is 11.6. The van der Waals surface area contributed by atoms with Crippen molar-refractivity contribution >= 4 is 17.6 Å². The van der Waals surface area contributed by atoms with E-state index in [2.05, 4.69) is 31.3 Å². The number of nitrogens with one attached hydrogen (secondary N) is 1. The average Bonchev–Trinajstić information content (AvgIpc) is 3.43. The molecule has 7 nitrogen and oxygen atoms in total. The molecule has 2 bridgehead atoms. The summed E-state index contributed by atoms with van der Waals surface area (Å²) in [6.45, 7) is 4.84. The average molecular weight is 509 g/mol. The number of hydrogen-bond acceptors (Lipinski definition) is 5. The van der Waals surface area contributed by atoms with Gasteiger partial charge in [-0.1, -0.05) is 56.7 Å². The summed E-state index contributed by atoms with van der Waals surface area (Å²) >= 11 is 0. The summed E-state index contributed by atoms with van der Waals surface area (Å²) in [7, 11) is 1.43. The van der Waals surface area contributed by atoms with E-state index < -0.39 is 29.6 Å². The lowest BCUT2D eigenvalue weighted by molar-refractivity contribution is -0.128. The summed E-state index contributed by atoms with van der Waals surface area (Å²) in [6.07, 6.45) is 18.0. The predicted octanol–water partition coefficient (Wildman–Crippen LogP) is 3.64. The SMILES string of the molecule is CCC1C[C@@H]2CC3/C=C\C=C\C(=O)NCCC(O)[C@H]4C(=O)/C(=C(O)/C=C/C=C/CC3[C@@H]2[C@H]1C)C(=O)N4C. The van der Waals surface area contributed by atoms with Gasteiger partial charge < -0.3 is 20.4 Å². The van der Waals surface area contributed by atoms with Gasteiger partial charge in [0.15, 0.2) is 5.78 Å². The van der Waals surface area contributed by atoms with E-state index in [1.54, 1.807) is 12.2 Å². The number of ketones is 1. The minimum Gasteiger partial charge on any atom is -0.507 e. The van der Waals surface area contributed by atoms with Crippen LogP contribution < -0.4 is 5.32 Å². The Kier molecular flexibility index (Phi) is 8.53. The summed E-state index contributed by atoms with van der Waals surface area (Å²) in [5.74, 6) is 1.89. The molecule has 8 atom stereocenters. The molecule has 0 spiro atoms. The van der Waals surface area contributed by atoms with Gasteiger partial charge in [-0.3, -0.25) is 14.4 Å². The number of rotatable bonds is 1. The van der Waals surface area contributed by atoms with Crippen molar-refractivity contribution in [1.29, 1.82) is 0 Å². The van der Waals surface area contributed by atoms with Crippen LogP contribution in [0.25, 0.3) is 0 Å². The number of hydrogen-bond donors (Lipinski definition) is 3. The van der Waals surface area contributed by atoms with E-state index in [4.69, 9.17) is 0 Å². The van der Waals surface area contributed by atoms with Crippen molar-refractivity contribution in [2.75, 3.05) is 13.6 Å². The zero-order chi connectivity index (χ0) is 26.7. The number of nitrogens with zero attached hydrogens (tertiary/aromatic N) is 1. The van der Waals surface area contributed by atoms with Crippen LogP contribution in [0.3, 0.4) is 0 Å². The van der Waals surface area contributed by atoms with Crippen molar-refractivity contribution in [3.05, 3.63) is 59.9 Å². The highest BCUT2D eigenvalue weighted by Gasteiger charge is 2.50. The summed E-state index contributed by atoms with van der Waals surface area (Å²) in [6, 6.07) is -1.10. The third kappa shape index (κ3) is 5.52. The van der Waals surface area contributed by atoms with Gasteiger partial charge in [-0.25, -0.2) is 0 Å². The fourth-order valence-corrected chi connectivity index (χ4v) is 7.25. The van der Waals surface area contributed by atoms with E-state index in [0.717, 1.165) is 23.2 Å². The van der Waals surface area contributed by atoms with Crippen molar-refractivity contribution < 1.29 is 24.6 Å². The van der Waals surface area contributed by atoms with Crippen LogP contribution in [-0.4, -0.2) is 58.4 Å². The van der Waals surface area contributed by atoms with E-state index in [9.17, 15) is 24.6 Å². The lowest BCUT2D eigenvalue weighted by Crippen LogP contribution is -2.43. The van der Waals surface area contributed by atoms with Crippen LogP contribution in [-0.2, 0) is 14.4 Å². The zero-order valence-corrected chi connectivity index (χ0v) is 22.0. The molecule has 2 heterocycles. The summed E-state index contributed by atoms with van der Waals surface area (Å²) in [4.78, 5) is 39.0. The Balaban J connectivity index is 1.60. The first-order valence-electron chi connectivity index (χ1n) is 13.6. The van der Waals surface area contributed by atoms with Gasteiger partial charge in [0.2, 0.25) is 5.91 Å². The Bertz CT molecular complexity index is 1050. The number of amides is 2. The topological polar surface area (TPSA) is 107 Å². The van der Waals surface area contributed by atoms with Crippen LogP contribution in [0.5, 0.6) is 0 Å². The van der Waals surface area contributed by atoms with E-state index in [-0.39, 0.29) is 24.4 Å². The van der Waals surface area contributed by atoms with Crippen LogP contribution in [0.2, 0.25) is 0 Å². The molecule has 2 saturated carbocycles. The van der Waals surface area contributed by atoms with E-state index in [1.165, 1.54) is 38.5 Å². The van der Waals surface area contributed by atoms with Gasteiger partial charge in [0.05, 0.1) is 6.10 Å². The number of likely N-dealkylation sites (tertiary alicyclic amines) is 1. The number of aliphatic hydroxyl groups excluding tert-OH is 2. The normalized spacial score (nSPS) is 42.6. The molecule has 0 radical (unpaired) electrons. The second-order valence-corrected chi connectivity index (χ2v) is 11.1. The van der Waals surface area contributed by atoms with Gasteiger partial charge in [-0.2, -0.15) is 0 Å². The largest absolute Gasteiger partial charge is 0.507 e. The molecule has 2 aliphatic heterocycles. The maximum atomic E-state index is 12.9. The third-order valence-electron chi connectivity index (χ3n) is 9.10. The molecular formula is C30H40N2O5. The fourth-order valence-electron chi connectivity index (χ4n) is 7.25. The number of carbonyl (C=O) groups excluding carboxylic acids is 3. The van der Waals surface area contributed by atoms with Crippen molar-refractivity contribution in [3.63, 3.8) is 0 Å². The molecule has 200 valence electrons. The molecule has 2 aliphatic carbocycles. The first-order valence-corrected chi connectivity index (χ1v) is 13.6. The van der Waals surface area contributed by atoms with Crippen molar-refractivity contribution in [3.8, 4) is 0 Å². The van der Waals surface area contributed by atoms with Gasteiger partial charge in [0.25, 0.3) is 5.91 Å². The quantitative estimate of drug-likeness (QED) is 0.469. The van der Waals surface area contributed by atoms with Gasteiger partial charge in [-0.15, -0.1) is 0 Å². The maximum absolute atomic E-state index is 12.9. The number of fused-ring (bicyclic) bond motifs is 5. The standard InChI is InChI=1S/C30H40N2O5/c1-4-19-16-21-17-20-10-8-9-13-25(35)31-15-14-24(34)28-29(36)27(30(37)32(28)3)23(33)12-7-5-6-11-22(20)26(21)18(19)2/h5-10,12-13,18-22,24,26,28,33-34H,4,11,14-17H2,1-3H3,(H,31,35)/b6-5+,10-8-,12-7+,13-9+,27-23+/t18-,19?,20?,21+,22?,24?,26+,28-/m0/s1. The Labute approximate surface area is 219 Å². The third-order valence-corrected chi connectivity index (χ3v) is 9.10. The maximum Gasteiger partial charge on any atom is 0.261 e. The Hall–Kier alpha value is -2.93. The highest BCUT2D eigenvalue weighted by molar-refractivity contribution is 6.27. The number of carbonyl (C=O) groups is 3. The van der Waals surface area contributed by atoms with Gasteiger partial charge >= 0.3 is 0 Å². The van der Waals surface area contributed by atoms with Crippen LogP contribution in [0, 0.1) is 35.5 Å². The van der Waals surface area contributed by atoms with Crippen LogP contribution >= 0.6 is 0 Å². The molecule has 4 unspecified atom stereocenters. The predicted molar refractivity (Wildman–Crippen MR) is 142 cm³/mol. The van der Waals surface area contributed by atoms with Crippen LogP contribution in [0.4, 0.5) is 0 Å². The first-order chi connectivity index (χ1) is 17.7. The highest BCUT2D eigenvalue weighted by atomic mass is 16.3. The molecule has 2 amide bonds. The number of allylic oxidation sites excluding steroid dienone is 7. The van der Waals surface area contributed by atoms with Crippen LogP contribution in [0.1, 0.15) is 46.0 Å². The van der Waals surface area contributed by atoms with Crippen molar-refractivity contribution in [2.45, 2.75) is 58.1 Å². The Morgan fingerprint density at radius 1 is 1.08 bits per heavy atom. The number of aliphatic hydroxyl groups is 2. The zero-order valence-electron chi connectivity index (χ0n) is 22.0. The Morgan fingerprint density at radius 2 is 1.84 bits per heavy atom. The minimum atomic E-state index is -1.17. The lowest BCUT2D eigenvalue weighted by Gasteiger charge is -2.27. The molecule has 0 aromatic carbocycles. The van der Waals surface area contributed by atoms with E-state index >= 15 is 0 Å². The molecule has 4 rings (SSSR count). The van der Waals surface area contributed by atoms with E-state index in [1.807, 2.05) is 12.2 Å². The fraction of sp³-hybridized carbons (Fsp3) is 0.567. The minimum absolute atomic E-state index is 0.0968. The number of likely N-dealkylation sites (N-methyl/N-ethyl adjacent to an activating group) is 1. The van der Waals surface area contributed by atoms with Gasteiger partial charge in [0.1, 0.15) is 17.4 Å². The molecule has 4 aliphatic rings. The lowest BCUT2D eigenvalue weighted by atomic mass is 9.78. The van der Waals surface area contributed by atoms with Crippen molar-refractivity contribution in [1.82, 2.24) is 10.2 Å². The highest BCUT2D eigenvalue weighted by Crippen LogP contribution is 2.57. The second-order valence-electron chi connectivity index (χ2n) is 11.1. The molecule has 7 heteroatoms. The summed E-state index contributed by atoms with van der Waals surface area (Å²) in [5, 5.41) is 23.8. The molecule has 3 fully saturated rings. The van der Waals surface area contributed by atoms with Crippen LogP contribution in [0.15, 0.2) is 59.9 Å². The van der Waals surface area contributed by atoms with Gasteiger partial charge in [0, 0.05) is 19.7 Å². The molecule has 1 saturated heterocycles.